The molecule has 4 aliphatic rings. The SMILES string of the molecule is C=C1C[C@]23C[C@@H]1CC[C@H]2[C@]1(C)CC[C@@H](OC(=O)c2ccc(SC)cc2)[C@](C)(COC(C)=O)C1C[C@@H]3O. The van der Waals surface area contributed by atoms with Crippen LogP contribution in [-0.2, 0) is 14.3 Å². The number of thioether (sulfide) groups is 1. The van der Waals surface area contributed by atoms with Crippen LogP contribution in [0.15, 0.2) is 41.3 Å². The summed E-state index contributed by atoms with van der Waals surface area (Å²) >= 11 is 1.63. The van der Waals surface area contributed by atoms with Gasteiger partial charge in [0.05, 0.1) is 11.7 Å². The van der Waals surface area contributed by atoms with E-state index < -0.39 is 17.6 Å². The second-order valence-electron chi connectivity index (χ2n) is 12.4. The van der Waals surface area contributed by atoms with Gasteiger partial charge in [-0.3, -0.25) is 4.79 Å². The van der Waals surface area contributed by atoms with Crippen molar-refractivity contribution in [2.45, 2.75) is 82.8 Å². The smallest absolute Gasteiger partial charge is 0.338 e. The number of fused-ring (bicyclic) bond motifs is 3. The summed E-state index contributed by atoms with van der Waals surface area (Å²) in [5.74, 6) is 0.332. The number of ether oxygens (including phenoxy) is 2. The lowest BCUT2D eigenvalue weighted by Gasteiger charge is -2.66. The molecule has 5 rings (SSSR count). The van der Waals surface area contributed by atoms with E-state index in [1.54, 1.807) is 11.8 Å². The van der Waals surface area contributed by atoms with Gasteiger partial charge in [-0.1, -0.05) is 26.0 Å². The molecule has 0 aromatic heterocycles. The van der Waals surface area contributed by atoms with Gasteiger partial charge >= 0.3 is 11.9 Å². The zero-order chi connectivity index (χ0) is 25.9. The largest absolute Gasteiger partial charge is 0.465 e. The Bertz CT molecular complexity index is 1050. The maximum Gasteiger partial charge on any atom is 0.338 e. The van der Waals surface area contributed by atoms with E-state index in [1.807, 2.05) is 30.5 Å². The molecule has 1 aromatic carbocycles. The van der Waals surface area contributed by atoms with Crippen molar-refractivity contribution in [3.63, 3.8) is 0 Å². The van der Waals surface area contributed by atoms with Crippen LogP contribution in [0, 0.1) is 34.0 Å². The minimum Gasteiger partial charge on any atom is -0.465 e. The van der Waals surface area contributed by atoms with Gasteiger partial charge in [-0.15, -0.1) is 11.8 Å². The van der Waals surface area contributed by atoms with Crippen LogP contribution >= 0.6 is 11.8 Å². The van der Waals surface area contributed by atoms with E-state index in [0.29, 0.717) is 23.8 Å². The van der Waals surface area contributed by atoms with Gasteiger partial charge < -0.3 is 14.6 Å². The normalized spacial score (nSPS) is 41.2. The number of carbonyl (C=O) groups excluding carboxylic acids is 2. The average Bonchev–Trinajstić information content (AvgIpc) is 3.11. The summed E-state index contributed by atoms with van der Waals surface area (Å²) in [7, 11) is 0. The van der Waals surface area contributed by atoms with Crippen molar-refractivity contribution in [2.75, 3.05) is 12.9 Å². The first-order valence-electron chi connectivity index (χ1n) is 13.4. The number of hydrogen-bond acceptors (Lipinski definition) is 6. The zero-order valence-corrected chi connectivity index (χ0v) is 22.9. The number of hydrogen-bond donors (Lipinski definition) is 1. The summed E-state index contributed by atoms with van der Waals surface area (Å²) in [6.45, 7) is 10.5. The van der Waals surface area contributed by atoms with Crippen molar-refractivity contribution >= 4 is 23.7 Å². The molecule has 0 amide bonds. The fraction of sp³-hybridized carbons (Fsp3) is 0.667. The van der Waals surface area contributed by atoms with E-state index in [4.69, 9.17) is 9.47 Å². The summed E-state index contributed by atoms with van der Waals surface area (Å²) in [6, 6.07) is 7.48. The van der Waals surface area contributed by atoms with Gasteiger partial charge in [-0.05, 0) is 98.6 Å². The molecular formula is C30H40O5S. The molecule has 0 aliphatic heterocycles. The summed E-state index contributed by atoms with van der Waals surface area (Å²) in [5, 5.41) is 11.7. The maximum absolute atomic E-state index is 13.2. The highest BCUT2D eigenvalue weighted by atomic mass is 32.2. The number of benzene rings is 1. The summed E-state index contributed by atoms with van der Waals surface area (Å²) < 4.78 is 11.9. The first kappa shape index (κ1) is 25.8. The van der Waals surface area contributed by atoms with Crippen molar-refractivity contribution in [2.24, 2.45) is 34.0 Å². The minimum absolute atomic E-state index is 0.0212. The molecule has 0 radical (unpaired) electrons. The Morgan fingerprint density at radius 3 is 2.53 bits per heavy atom. The van der Waals surface area contributed by atoms with E-state index in [1.165, 1.54) is 12.5 Å². The van der Waals surface area contributed by atoms with Crippen molar-refractivity contribution in [3.8, 4) is 0 Å². The van der Waals surface area contributed by atoms with Gasteiger partial charge in [0.1, 0.15) is 12.7 Å². The van der Waals surface area contributed by atoms with Crippen LogP contribution in [0.2, 0.25) is 0 Å². The van der Waals surface area contributed by atoms with Crippen LogP contribution in [0.3, 0.4) is 0 Å². The van der Waals surface area contributed by atoms with Crippen molar-refractivity contribution in [1.29, 1.82) is 0 Å². The predicted molar refractivity (Wildman–Crippen MR) is 141 cm³/mol. The molecule has 4 fully saturated rings. The van der Waals surface area contributed by atoms with Crippen molar-refractivity contribution < 1.29 is 24.2 Å². The van der Waals surface area contributed by atoms with Gasteiger partial charge in [-0.25, -0.2) is 4.79 Å². The molecule has 1 spiro atoms. The second-order valence-corrected chi connectivity index (χ2v) is 13.2. The van der Waals surface area contributed by atoms with Crippen LogP contribution in [0.25, 0.3) is 0 Å². The first-order chi connectivity index (χ1) is 17.0. The van der Waals surface area contributed by atoms with E-state index in [2.05, 4.69) is 20.4 Å². The number of rotatable bonds is 5. The molecule has 6 heteroatoms. The number of aliphatic hydroxyl groups is 1. The number of esters is 2. The molecule has 1 unspecified atom stereocenters. The lowest BCUT2D eigenvalue weighted by atomic mass is 9.40. The highest BCUT2D eigenvalue weighted by Gasteiger charge is 2.68. The lowest BCUT2D eigenvalue weighted by Crippen LogP contribution is -2.65. The molecule has 4 saturated carbocycles. The van der Waals surface area contributed by atoms with Gasteiger partial charge in [0, 0.05) is 22.6 Å². The molecule has 2 bridgehead atoms. The molecule has 4 aliphatic carbocycles. The average molecular weight is 513 g/mol. The van der Waals surface area contributed by atoms with Crippen LogP contribution in [0.4, 0.5) is 0 Å². The summed E-state index contributed by atoms with van der Waals surface area (Å²) in [4.78, 5) is 26.2. The van der Waals surface area contributed by atoms with Gasteiger partial charge in [0.2, 0.25) is 0 Å². The molecular weight excluding hydrogens is 472 g/mol. The Labute approximate surface area is 219 Å². The van der Waals surface area contributed by atoms with Crippen molar-refractivity contribution in [1.82, 2.24) is 0 Å². The van der Waals surface area contributed by atoms with E-state index in [0.717, 1.165) is 43.4 Å². The Morgan fingerprint density at radius 1 is 1.14 bits per heavy atom. The molecule has 8 atom stereocenters. The summed E-state index contributed by atoms with van der Waals surface area (Å²) in [6.07, 6.45) is 7.72. The van der Waals surface area contributed by atoms with Crippen LogP contribution in [0.5, 0.6) is 0 Å². The van der Waals surface area contributed by atoms with Crippen LogP contribution < -0.4 is 0 Å². The third-order valence-corrected chi connectivity index (χ3v) is 11.4. The molecule has 5 nitrogen and oxygen atoms in total. The quantitative estimate of drug-likeness (QED) is 0.294. The van der Waals surface area contributed by atoms with Gasteiger partial charge in [0.15, 0.2) is 0 Å². The Morgan fingerprint density at radius 2 is 1.86 bits per heavy atom. The van der Waals surface area contributed by atoms with Gasteiger partial charge in [-0.2, -0.15) is 0 Å². The Kier molecular flexibility index (Phi) is 6.60. The monoisotopic (exact) mass is 512 g/mol. The standard InChI is InChI=1S/C30H40O5S/c1-18-15-30-16-21(18)8-11-23(30)28(3)13-12-26(35-27(33)20-6-9-22(36-5)10-7-20)29(4,17-34-19(2)31)24(28)14-25(30)32/h6-7,9-10,21,23-26,32H,1,8,11-17H2,2-5H3/t21-,23-,24?,25-,26+,28-,29+,30-/m0/s1. The Hall–Kier alpha value is -1.79. The zero-order valence-electron chi connectivity index (χ0n) is 22.0. The minimum atomic E-state index is -0.581. The fourth-order valence-electron chi connectivity index (χ4n) is 8.85. The van der Waals surface area contributed by atoms with E-state index >= 15 is 0 Å². The molecule has 0 saturated heterocycles. The summed E-state index contributed by atoms with van der Waals surface area (Å²) in [5.41, 5.74) is 1.16. The first-order valence-corrected chi connectivity index (χ1v) is 14.6. The maximum atomic E-state index is 13.2. The number of aliphatic hydroxyl groups excluding tert-OH is 1. The third kappa shape index (κ3) is 3.94. The molecule has 1 N–H and O–H groups in total. The van der Waals surface area contributed by atoms with Crippen LogP contribution in [-0.4, -0.2) is 42.1 Å². The van der Waals surface area contributed by atoms with Crippen LogP contribution in [0.1, 0.15) is 76.1 Å². The highest BCUT2D eigenvalue weighted by Crippen LogP contribution is 2.72. The molecule has 36 heavy (non-hydrogen) atoms. The number of allylic oxidation sites excluding steroid dienone is 1. The fourth-order valence-corrected chi connectivity index (χ4v) is 9.26. The van der Waals surface area contributed by atoms with Gasteiger partial charge in [0.25, 0.3) is 0 Å². The molecule has 196 valence electrons. The topological polar surface area (TPSA) is 72.8 Å². The third-order valence-electron chi connectivity index (χ3n) is 10.6. The highest BCUT2D eigenvalue weighted by molar-refractivity contribution is 7.98. The van der Waals surface area contributed by atoms with E-state index in [-0.39, 0.29) is 35.3 Å². The molecule has 1 aromatic rings. The molecule has 0 heterocycles. The number of carbonyl (C=O) groups is 2. The van der Waals surface area contributed by atoms with E-state index in [9.17, 15) is 14.7 Å². The lowest BCUT2D eigenvalue weighted by molar-refractivity contribution is -0.232. The van der Waals surface area contributed by atoms with Crippen molar-refractivity contribution in [3.05, 3.63) is 42.0 Å². The Balaban J connectivity index is 1.46. The predicted octanol–water partition coefficient (Wildman–Crippen LogP) is 6.05. The second kappa shape index (κ2) is 9.20.